The van der Waals surface area contributed by atoms with Gasteiger partial charge in [0.2, 0.25) is 5.91 Å². The van der Waals surface area contributed by atoms with E-state index in [2.05, 4.69) is 16.3 Å². The van der Waals surface area contributed by atoms with Gasteiger partial charge in [-0.15, -0.1) is 0 Å². The number of benzene rings is 2. The summed E-state index contributed by atoms with van der Waals surface area (Å²) in [6, 6.07) is 18.1. The van der Waals surface area contributed by atoms with Crippen LogP contribution in [0.2, 0.25) is 0 Å². The number of ketones is 1. The topological polar surface area (TPSA) is 73.2 Å². The average Bonchev–Trinajstić information content (AvgIpc) is 2.73. The number of nitrogens with zero attached hydrogens (tertiary/aromatic N) is 2. The van der Waals surface area contributed by atoms with Gasteiger partial charge in [0.05, 0.1) is 17.7 Å². The number of nitrogens with one attached hydrogen (secondary N) is 1. The smallest absolute Gasteiger partial charge is 0.241 e. The summed E-state index contributed by atoms with van der Waals surface area (Å²) in [5.74, 6) is 0.116. The Hall–Kier alpha value is -2.97. The lowest BCUT2D eigenvalue weighted by Gasteiger charge is -2.34. The molecule has 5 nitrogen and oxygen atoms in total. The molecule has 1 aliphatic heterocycles. The fraction of sp³-hybridized carbons (Fsp3) is 0.318. The lowest BCUT2D eigenvalue weighted by Crippen LogP contribution is -2.47. The maximum Gasteiger partial charge on any atom is 0.241 e. The predicted octanol–water partition coefficient (Wildman–Crippen LogP) is 3.48. The van der Waals surface area contributed by atoms with Crippen LogP contribution < -0.4 is 5.32 Å². The van der Waals surface area contributed by atoms with E-state index in [9.17, 15) is 9.59 Å². The lowest BCUT2D eigenvalue weighted by atomic mass is 9.88. The Bertz CT molecular complexity index is 849. The average molecular weight is 361 g/mol. The Morgan fingerprint density at radius 1 is 1.11 bits per heavy atom. The van der Waals surface area contributed by atoms with E-state index in [0.29, 0.717) is 11.3 Å². The molecule has 27 heavy (non-hydrogen) atoms. The number of hydrogen-bond acceptors (Lipinski definition) is 4. The largest absolute Gasteiger partial charge is 0.325 e. The van der Waals surface area contributed by atoms with Gasteiger partial charge in [-0.2, -0.15) is 5.26 Å². The van der Waals surface area contributed by atoms with Crippen LogP contribution in [0.5, 0.6) is 0 Å². The molecule has 0 saturated carbocycles. The molecule has 1 aliphatic rings. The van der Waals surface area contributed by atoms with Gasteiger partial charge in [-0.1, -0.05) is 36.4 Å². The van der Waals surface area contributed by atoms with Crippen molar-refractivity contribution in [3.05, 3.63) is 65.7 Å². The minimum absolute atomic E-state index is 0.0196. The molecule has 3 rings (SSSR count). The summed E-state index contributed by atoms with van der Waals surface area (Å²) in [4.78, 5) is 27.2. The lowest BCUT2D eigenvalue weighted by molar-refractivity contribution is -0.121. The van der Waals surface area contributed by atoms with Crippen LogP contribution in [-0.4, -0.2) is 35.7 Å². The van der Waals surface area contributed by atoms with Crippen LogP contribution in [0.15, 0.2) is 54.6 Å². The number of rotatable bonds is 5. The molecule has 0 radical (unpaired) electrons. The number of nitriles is 1. The highest BCUT2D eigenvalue weighted by atomic mass is 16.2. The molecule has 1 N–H and O–H groups in total. The second-order valence-electron chi connectivity index (χ2n) is 6.90. The number of carbonyl (C=O) groups excluding carboxylic acids is 2. The van der Waals surface area contributed by atoms with Gasteiger partial charge in [-0.25, -0.2) is 0 Å². The van der Waals surface area contributed by atoms with Crippen molar-refractivity contribution in [2.45, 2.75) is 25.8 Å². The molecular formula is C22H23N3O2. The highest BCUT2D eigenvalue weighted by Gasteiger charge is 2.30. The first-order valence-corrected chi connectivity index (χ1v) is 9.23. The van der Waals surface area contributed by atoms with Crippen molar-refractivity contribution >= 4 is 17.4 Å². The third kappa shape index (κ3) is 4.60. The van der Waals surface area contributed by atoms with Crippen molar-refractivity contribution in [1.29, 1.82) is 5.26 Å². The summed E-state index contributed by atoms with van der Waals surface area (Å²) in [5, 5.41) is 11.8. The number of Topliss-reactive ketones (excluding diaryl/α,β-unsaturated/α-hetero) is 1. The van der Waals surface area contributed by atoms with Crippen LogP contribution in [0, 0.1) is 17.2 Å². The van der Waals surface area contributed by atoms with Crippen LogP contribution in [0.1, 0.15) is 35.7 Å². The fourth-order valence-corrected chi connectivity index (χ4v) is 3.47. The van der Waals surface area contributed by atoms with Crippen LogP contribution in [0.4, 0.5) is 5.69 Å². The molecule has 1 amide bonds. The molecule has 0 unspecified atom stereocenters. The normalized spacial score (nSPS) is 16.3. The molecule has 2 aromatic carbocycles. The predicted molar refractivity (Wildman–Crippen MR) is 104 cm³/mol. The van der Waals surface area contributed by atoms with Gasteiger partial charge in [0, 0.05) is 17.2 Å². The molecule has 1 fully saturated rings. The van der Waals surface area contributed by atoms with E-state index in [0.717, 1.165) is 31.5 Å². The van der Waals surface area contributed by atoms with Crippen molar-refractivity contribution in [3.63, 3.8) is 0 Å². The zero-order valence-electron chi connectivity index (χ0n) is 15.4. The molecule has 5 heteroatoms. The Balaban J connectivity index is 1.55. The molecule has 138 valence electrons. The molecule has 1 saturated heterocycles. The van der Waals surface area contributed by atoms with Crippen LogP contribution in [-0.2, 0) is 4.79 Å². The second kappa shape index (κ2) is 8.61. The Kier molecular flexibility index (Phi) is 6.00. The quantitative estimate of drug-likeness (QED) is 0.828. The first-order chi connectivity index (χ1) is 13.1. The van der Waals surface area contributed by atoms with Crippen molar-refractivity contribution in [2.75, 3.05) is 18.4 Å². The molecule has 0 spiro atoms. The molecule has 0 aliphatic carbocycles. The molecule has 0 bridgehead atoms. The zero-order chi connectivity index (χ0) is 19.2. The van der Waals surface area contributed by atoms with Gasteiger partial charge in [0.15, 0.2) is 5.78 Å². The molecule has 1 heterocycles. The summed E-state index contributed by atoms with van der Waals surface area (Å²) in [7, 11) is 0. The number of likely N-dealkylation sites (tertiary alicyclic amines) is 1. The van der Waals surface area contributed by atoms with E-state index >= 15 is 0 Å². The Labute approximate surface area is 159 Å². The minimum Gasteiger partial charge on any atom is -0.325 e. The standard InChI is InChI=1S/C22H23N3O2/c1-16(22(27)24-20-9-5-6-17(14-20)15-23)25-12-10-19(11-13-25)21(26)18-7-3-2-4-8-18/h2-9,14,16,19H,10-13H2,1H3,(H,24,27)/t16-/m0/s1. The summed E-state index contributed by atoms with van der Waals surface area (Å²) < 4.78 is 0. The van der Waals surface area contributed by atoms with E-state index in [1.807, 2.05) is 37.3 Å². The number of anilines is 1. The molecule has 1 atom stereocenters. The highest BCUT2D eigenvalue weighted by Crippen LogP contribution is 2.23. The number of carbonyl (C=O) groups is 2. The summed E-state index contributed by atoms with van der Waals surface area (Å²) in [6.45, 7) is 3.31. The SMILES string of the molecule is C[C@@H](C(=O)Nc1cccc(C#N)c1)N1CCC(C(=O)c2ccccc2)CC1. The van der Waals surface area contributed by atoms with Crippen molar-refractivity contribution < 1.29 is 9.59 Å². The maximum atomic E-state index is 12.6. The van der Waals surface area contributed by atoms with Crippen LogP contribution >= 0.6 is 0 Å². The highest BCUT2D eigenvalue weighted by molar-refractivity contribution is 5.98. The van der Waals surface area contributed by atoms with Gasteiger partial charge in [-0.05, 0) is 51.1 Å². The first kappa shape index (κ1) is 18.8. The summed E-state index contributed by atoms with van der Waals surface area (Å²) in [5.41, 5.74) is 1.90. The minimum atomic E-state index is -0.288. The monoisotopic (exact) mass is 361 g/mol. The fourth-order valence-electron chi connectivity index (χ4n) is 3.47. The van der Waals surface area contributed by atoms with Gasteiger partial charge >= 0.3 is 0 Å². The molecular weight excluding hydrogens is 338 g/mol. The molecule has 2 aromatic rings. The van der Waals surface area contributed by atoms with E-state index in [4.69, 9.17) is 5.26 Å². The summed E-state index contributed by atoms with van der Waals surface area (Å²) in [6.07, 6.45) is 1.52. The number of piperidine rings is 1. The molecule has 0 aromatic heterocycles. The van der Waals surface area contributed by atoms with E-state index in [1.165, 1.54) is 0 Å². The second-order valence-corrected chi connectivity index (χ2v) is 6.90. The zero-order valence-corrected chi connectivity index (χ0v) is 15.4. The van der Waals surface area contributed by atoms with E-state index in [-0.39, 0.29) is 23.7 Å². The van der Waals surface area contributed by atoms with Gasteiger partial charge in [0.25, 0.3) is 0 Å². The van der Waals surface area contributed by atoms with Crippen molar-refractivity contribution in [1.82, 2.24) is 4.90 Å². The number of hydrogen-bond donors (Lipinski definition) is 1. The van der Waals surface area contributed by atoms with Gasteiger partial charge in [-0.3, -0.25) is 14.5 Å². The third-order valence-corrected chi connectivity index (χ3v) is 5.15. The Morgan fingerprint density at radius 3 is 2.48 bits per heavy atom. The van der Waals surface area contributed by atoms with E-state index in [1.54, 1.807) is 24.3 Å². The van der Waals surface area contributed by atoms with Crippen molar-refractivity contribution in [3.8, 4) is 6.07 Å². The Morgan fingerprint density at radius 2 is 1.81 bits per heavy atom. The first-order valence-electron chi connectivity index (χ1n) is 9.23. The van der Waals surface area contributed by atoms with E-state index < -0.39 is 0 Å². The number of amides is 1. The maximum absolute atomic E-state index is 12.6. The van der Waals surface area contributed by atoms with Crippen molar-refractivity contribution in [2.24, 2.45) is 5.92 Å². The third-order valence-electron chi connectivity index (χ3n) is 5.15. The van der Waals surface area contributed by atoms with Gasteiger partial charge < -0.3 is 5.32 Å². The summed E-state index contributed by atoms with van der Waals surface area (Å²) >= 11 is 0. The van der Waals surface area contributed by atoms with Crippen LogP contribution in [0.3, 0.4) is 0 Å². The van der Waals surface area contributed by atoms with Crippen LogP contribution in [0.25, 0.3) is 0 Å². The van der Waals surface area contributed by atoms with Gasteiger partial charge in [0.1, 0.15) is 0 Å².